The highest BCUT2D eigenvalue weighted by atomic mass is 19.4. The Bertz CT molecular complexity index is 287. The fraction of sp³-hybridized carbons (Fsp3) is 0.667. The predicted octanol–water partition coefficient (Wildman–Crippen LogP) is 2.39. The summed E-state index contributed by atoms with van der Waals surface area (Å²) >= 11 is 0. The van der Waals surface area contributed by atoms with Crippen LogP contribution in [0.4, 0.5) is 18.0 Å². The Balaban J connectivity index is 2.41. The highest BCUT2D eigenvalue weighted by Gasteiger charge is 2.41. The topological polar surface area (TPSA) is 44.8 Å². The quantitative estimate of drug-likeness (QED) is 0.559. The second-order valence-corrected chi connectivity index (χ2v) is 3.16. The highest BCUT2D eigenvalue weighted by molar-refractivity contribution is 5.62. The van der Waals surface area contributed by atoms with E-state index in [4.69, 9.17) is 9.47 Å². The average Bonchev–Trinajstić information content (AvgIpc) is 2.55. The third-order valence-electron chi connectivity index (χ3n) is 1.97. The largest absolute Gasteiger partial charge is 0.511 e. The molecular formula is C9H11F3O4. The molecule has 7 heteroatoms. The van der Waals surface area contributed by atoms with Gasteiger partial charge in [-0.15, -0.1) is 0 Å². The van der Waals surface area contributed by atoms with Gasteiger partial charge in [0.15, 0.2) is 6.61 Å². The van der Waals surface area contributed by atoms with E-state index in [1.165, 1.54) is 0 Å². The number of halogens is 3. The fourth-order valence-electron chi connectivity index (χ4n) is 1.11. The van der Waals surface area contributed by atoms with Gasteiger partial charge >= 0.3 is 12.3 Å². The first-order valence-corrected chi connectivity index (χ1v) is 4.61. The molecular weight excluding hydrogens is 229 g/mol. The van der Waals surface area contributed by atoms with E-state index in [9.17, 15) is 18.0 Å². The van der Waals surface area contributed by atoms with Crippen LogP contribution < -0.4 is 0 Å². The Kier molecular flexibility index (Phi) is 3.79. The summed E-state index contributed by atoms with van der Waals surface area (Å²) in [6.07, 6.45) is -4.07. The second-order valence-electron chi connectivity index (χ2n) is 3.16. The maximum absolute atomic E-state index is 11.7. The third-order valence-corrected chi connectivity index (χ3v) is 1.97. The van der Waals surface area contributed by atoms with Crippen molar-refractivity contribution in [2.45, 2.75) is 25.3 Å². The summed E-state index contributed by atoms with van der Waals surface area (Å²) in [6, 6.07) is 0. The molecule has 0 aromatic rings. The number of allylic oxidation sites excluding steroid dienone is 1. The van der Waals surface area contributed by atoms with Gasteiger partial charge < -0.3 is 14.2 Å². The molecule has 1 rings (SSSR count). The molecule has 0 aromatic heterocycles. The fourth-order valence-corrected chi connectivity index (χ4v) is 1.11. The van der Waals surface area contributed by atoms with Crippen LogP contribution >= 0.6 is 0 Å². The van der Waals surface area contributed by atoms with Crippen LogP contribution in [0.15, 0.2) is 12.2 Å². The summed E-state index contributed by atoms with van der Waals surface area (Å²) in [5.41, 5.74) is 0. The minimum Gasteiger partial charge on any atom is -0.427 e. The molecule has 0 aliphatic carbocycles. The molecule has 0 N–H and O–H groups in total. The SMILES string of the molecule is CCC1(OCC=CC(F)(F)F)COC(=O)O1. The van der Waals surface area contributed by atoms with Crippen molar-refractivity contribution in [2.24, 2.45) is 0 Å². The minimum atomic E-state index is -4.37. The van der Waals surface area contributed by atoms with E-state index in [0.29, 0.717) is 6.42 Å². The molecule has 16 heavy (non-hydrogen) atoms. The summed E-state index contributed by atoms with van der Waals surface area (Å²) in [5.74, 6) is -1.26. The van der Waals surface area contributed by atoms with Gasteiger partial charge in [-0.2, -0.15) is 13.2 Å². The number of hydrogen-bond donors (Lipinski definition) is 0. The molecule has 1 aliphatic rings. The van der Waals surface area contributed by atoms with E-state index in [-0.39, 0.29) is 19.3 Å². The number of alkyl halides is 3. The Morgan fingerprint density at radius 2 is 2.25 bits per heavy atom. The van der Waals surface area contributed by atoms with Gasteiger partial charge in [0.05, 0.1) is 6.61 Å². The Hall–Kier alpha value is -1.24. The van der Waals surface area contributed by atoms with E-state index in [2.05, 4.69) is 4.74 Å². The van der Waals surface area contributed by atoms with Crippen molar-refractivity contribution in [3.8, 4) is 0 Å². The maximum atomic E-state index is 11.7. The molecule has 0 aromatic carbocycles. The van der Waals surface area contributed by atoms with Gasteiger partial charge in [-0.05, 0) is 0 Å². The van der Waals surface area contributed by atoms with E-state index in [0.717, 1.165) is 6.08 Å². The number of hydrogen-bond acceptors (Lipinski definition) is 4. The molecule has 0 radical (unpaired) electrons. The van der Waals surface area contributed by atoms with E-state index < -0.39 is 18.1 Å². The molecule has 1 atom stereocenters. The Morgan fingerprint density at radius 3 is 2.69 bits per heavy atom. The van der Waals surface area contributed by atoms with E-state index >= 15 is 0 Å². The number of rotatable bonds is 4. The summed E-state index contributed by atoms with van der Waals surface area (Å²) in [5, 5.41) is 0. The summed E-state index contributed by atoms with van der Waals surface area (Å²) in [4.78, 5) is 10.7. The molecule has 1 aliphatic heterocycles. The predicted molar refractivity (Wildman–Crippen MR) is 46.6 cm³/mol. The van der Waals surface area contributed by atoms with Crippen LogP contribution in [0.25, 0.3) is 0 Å². The molecule has 0 spiro atoms. The number of ether oxygens (including phenoxy) is 3. The van der Waals surface area contributed by atoms with Crippen molar-refractivity contribution in [3.05, 3.63) is 12.2 Å². The zero-order valence-electron chi connectivity index (χ0n) is 8.54. The molecule has 1 fully saturated rings. The van der Waals surface area contributed by atoms with Gasteiger partial charge in [0.2, 0.25) is 0 Å². The second kappa shape index (κ2) is 4.73. The molecule has 1 heterocycles. The van der Waals surface area contributed by atoms with Gasteiger partial charge in [0, 0.05) is 12.5 Å². The van der Waals surface area contributed by atoms with Crippen LogP contribution in [0.5, 0.6) is 0 Å². The summed E-state index contributed by atoms with van der Waals surface area (Å²) in [7, 11) is 0. The Morgan fingerprint density at radius 1 is 1.56 bits per heavy atom. The lowest BCUT2D eigenvalue weighted by Gasteiger charge is -2.22. The average molecular weight is 240 g/mol. The molecule has 0 bridgehead atoms. The molecule has 92 valence electrons. The number of carbonyl (C=O) groups excluding carboxylic acids is 1. The first kappa shape index (κ1) is 12.8. The molecule has 0 amide bonds. The zero-order chi connectivity index (χ0) is 12.2. The van der Waals surface area contributed by atoms with E-state index in [1.807, 2.05) is 0 Å². The summed E-state index contributed by atoms with van der Waals surface area (Å²) in [6.45, 7) is 1.27. The summed E-state index contributed by atoms with van der Waals surface area (Å²) < 4.78 is 49.5. The van der Waals surface area contributed by atoms with Gasteiger partial charge in [-0.3, -0.25) is 0 Å². The first-order valence-electron chi connectivity index (χ1n) is 4.61. The first-order chi connectivity index (χ1) is 7.37. The standard InChI is InChI=1S/C9H11F3O4/c1-2-8(6-14-7(13)16-8)15-5-3-4-9(10,11)12/h3-4H,2,5-6H2,1H3. The maximum Gasteiger partial charge on any atom is 0.511 e. The normalized spacial score (nSPS) is 25.9. The lowest BCUT2D eigenvalue weighted by atomic mass is 10.2. The van der Waals surface area contributed by atoms with Crippen molar-refractivity contribution in [2.75, 3.05) is 13.2 Å². The monoisotopic (exact) mass is 240 g/mol. The lowest BCUT2D eigenvalue weighted by Crippen LogP contribution is -2.34. The molecule has 4 nitrogen and oxygen atoms in total. The smallest absolute Gasteiger partial charge is 0.427 e. The van der Waals surface area contributed by atoms with Crippen LogP contribution in [0, 0.1) is 0 Å². The molecule has 0 saturated carbocycles. The van der Waals surface area contributed by atoms with Crippen molar-refractivity contribution >= 4 is 6.16 Å². The van der Waals surface area contributed by atoms with Gasteiger partial charge in [-0.1, -0.05) is 13.0 Å². The number of cyclic esters (lactones) is 2. The molecule has 1 unspecified atom stereocenters. The van der Waals surface area contributed by atoms with E-state index in [1.54, 1.807) is 6.92 Å². The van der Waals surface area contributed by atoms with Crippen molar-refractivity contribution in [1.29, 1.82) is 0 Å². The number of carbonyl (C=O) groups is 1. The third kappa shape index (κ3) is 3.73. The highest BCUT2D eigenvalue weighted by Crippen LogP contribution is 2.25. The molecule has 1 saturated heterocycles. The zero-order valence-corrected chi connectivity index (χ0v) is 8.54. The van der Waals surface area contributed by atoms with Crippen LogP contribution in [-0.2, 0) is 14.2 Å². The van der Waals surface area contributed by atoms with Crippen LogP contribution in [0.1, 0.15) is 13.3 Å². The van der Waals surface area contributed by atoms with Crippen LogP contribution in [0.2, 0.25) is 0 Å². The van der Waals surface area contributed by atoms with Gasteiger partial charge in [0.1, 0.15) is 0 Å². The lowest BCUT2D eigenvalue weighted by molar-refractivity contribution is -0.174. The Labute approximate surface area is 90.0 Å². The minimum absolute atomic E-state index is 0.0635. The van der Waals surface area contributed by atoms with Gasteiger partial charge in [-0.25, -0.2) is 4.79 Å². The van der Waals surface area contributed by atoms with Crippen LogP contribution in [0.3, 0.4) is 0 Å². The van der Waals surface area contributed by atoms with Crippen molar-refractivity contribution in [3.63, 3.8) is 0 Å². The van der Waals surface area contributed by atoms with Gasteiger partial charge in [0.25, 0.3) is 5.79 Å². The van der Waals surface area contributed by atoms with Crippen molar-refractivity contribution < 1.29 is 32.2 Å². The van der Waals surface area contributed by atoms with Crippen molar-refractivity contribution in [1.82, 2.24) is 0 Å². The van der Waals surface area contributed by atoms with Crippen LogP contribution in [-0.4, -0.2) is 31.3 Å².